The van der Waals surface area contributed by atoms with Gasteiger partial charge in [0.2, 0.25) is 0 Å². The normalized spacial score (nSPS) is 11.9. The number of benzene rings is 2. The first kappa shape index (κ1) is 17.8. The fraction of sp³-hybridized carbons (Fsp3) is 0.130. The van der Waals surface area contributed by atoms with Gasteiger partial charge in [-0.1, -0.05) is 42.5 Å². The number of rotatable bonds is 5. The molecule has 0 atom stereocenters. The Morgan fingerprint density at radius 2 is 1.89 bits per heavy atom. The van der Waals surface area contributed by atoms with Crippen molar-refractivity contribution in [3.63, 3.8) is 0 Å². The summed E-state index contributed by atoms with van der Waals surface area (Å²) in [6.07, 6.45) is 7.24. The Labute approximate surface area is 163 Å². The van der Waals surface area contributed by atoms with Gasteiger partial charge >= 0.3 is 5.97 Å². The number of carboxylic acids is 1. The van der Waals surface area contributed by atoms with E-state index in [9.17, 15) is 4.79 Å². The molecule has 0 radical (unpaired) electrons. The predicted molar refractivity (Wildman–Crippen MR) is 111 cm³/mol. The Bertz CT molecular complexity index is 1170. The summed E-state index contributed by atoms with van der Waals surface area (Å²) < 4.78 is 4.34. The molecule has 0 saturated heterocycles. The highest BCUT2D eigenvalue weighted by Crippen LogP contribution is 2.29. The second kappa shape index (κ2) is 7.19. The summed E-state index contributed by atoms with van der Waals surface area (Å²) >= 11 is 0. The van der Waals surface area contributed by atoms with E-state index in [4.69, 9.17) is 5.11 Å². The number of fused-ring (bicyclic) bond motifs is 1. The summed E-state index contributed by atoms with van der Waals surface area (Å²) in [5, 5.41) is 10.3. The molecule has 2 heterocycles. The van der Waals surface area contributed by atoms with Gasteiger partial charge < -0.3 is 9.67 Å². The van der Waals surface area contributed by atoms with E-state index in [-0.39, 0.29) is 0 Å². The van der Waals surface area contributed by atoms with Crippen LogP contribution in [0.5, 0.6) is 0 Å². The van der Waals surface area contributed by atoms with Crippen LogP contribution in [-0.4, -0.2) is 25.2 Å². The molecule has 0 aliphatic carbocycles. The first-order valence-corrected chi connectivity index (χ1v) is 9.11. The van der Waals surface area contributed by atoms with Gasteiger partial charge in [-0.25, -0.2) is 9.78 Å². The second-order valence-corrected chi connectivity index (χ2v) is 6.90. The van der Waals surface area contributed by atoms with Crippen LogP contribution in [0, 0.1) is 6.92 Å². The number of hydrogen-bond donors (Lipinski definition) is 1. The van der Waals surface area contributed by atoms with Crippen molar-refractivity contribution in [3.8, 4) is 5.82 Å². The maximum Gasteiger partial charge on any atom is 0.331 e. The average molecular weight is 371 g/mol. The molecule has 0 aliphatic heterocycles. The van der Waals surface area contributed by atoms with Gasteiger partial charge in [0.15, 0.2) is 0 Å². The van der Waals surface area contributed by atoms with Crippen LogP contribution < -0.4 is 0 Å². The van der Waals surface area contributed by atoms with Crippen molar-refractivity contribution in [2.75, 3.05) is 0 Å². The SMILES string of the molecule is CC(=Cc1ccc(Cn2c(-n3ccnc3)c(C)c3ccccc32)cc1)C(=O)O. The molecule has 0 fully saturated rings. The van der Waals surface area contributed by atoms with Crippen molar-refractivity contribution in [1.29, 1.82) is 0 Å². The average Bonchev–Trinajstić information content (AvgIpc) is 3.31. The molecular formula is C23H21N3O2. The summed E-state index contributed by atoms with van der Waals surface area (Å²) in [6.45, 7) is 4.45. The monoisotopic (exact) mass is 371 g/mol. The molecule has 0 bridgehead atoms. The van der Waals surface area contributed by atoms with Crippen LogP contribution in [0.4, 0.5) is 0 Å². The molecule has 2 aromatic carbocycles. The first-order valence-electron chi connectivity index (χ1n) is 9.11. The minimum atomic E-state index is -0.900. The van der Waals surface area contributed by atoms with Crippen molar-refractivity contribution >= 4 is 22.9 Å². The van der Waals surface area contributed by atoms with Crippen LogP contribution in [0.2, 0.25) is 0 Å². The minimum Gasteiger partial charge on any atom is -0.478 e. The van der Waals surface area contributed by atoms with Gasteiger partial charge in [-0.3, -0.25) is 4.57 Å². The lowest BCUT2D eigenvalue weighted by Gasteiger charge is -2.12. The molecule has 1 N–H and O–H groups in total. The maximum atomic E-state index is 11.0. The quantitative estimate of drug-likeness (QED) is 0.519. The Morgan fingerprint density at radius 3 is 2.57 bits per heavy atom. The second-order valence-electron chi connectivity index (χ2n) is 6.90. The highest BCUT2D eigenvalue weighted by atomic mass is 16.4. The Balaban J connectivity index is 1.75. The summed E-state index contributed by atoms with van der Waals surface area (Å²) in [6, 6.07) is 16.4. The Kier molecular flexibility index (Phi) is 4.57. The zero-order chi connectivity index (χ0) is 19.7. The van der Waals surface area contributed by atoms with Gasteiger partial charge in [0.1, 0.15) is 12.1 Å². The van der Waals surface area contributed by atoms with E-state index in [1.165, 1.54) is 16.5 Å². The molecule has 140 valence electrons. The topological polar surface area (TPSA) is 60.0 Å². The van der Waals surface area contributed by atoms with Crippen molar-refractivity contribution in [1.82, 2.24) is 14.1 Å². The van der Waals surface area contributed by atoms with Crippen LogP contribution in [0.15, 0.2) is 72.8 Å². The van der Waals surface area contributed by atoms with Crippen molar-refractivity contribution in [2.24, 2.45) is 0 Å². The number of hydrogen-bond acceptors (Lipinski definition) is 2. The summed E-state index contributed by atoms with van der Waals surface area (Å²) in [4.78, 5) is 15.2. The van der Waals surface area contributed by atoms with Crippen LogP contribution >= 0.6 is 0 Å². The van der Waals surface area contributed by atoms with E-state index < -0.39 is 5.97 Å². The number of aliphatic carboxylic acids is 1. The molecule has 0 saturated carbocycles. The number of carbonyl (C=O) groups is 1. The lowest BCUT2D eigenvalue weighted by molar-refractivity contribution is -0.132. The number of carboxylic acid groups (broad SMARTS) is 1. The summed E-state index contributed by atoms with van der Waals surface area (Å²) in [7, 11) is 0. The van der Waals surface area contributed by atoms with Crippen LogP contribution in [-0.2, 0) is 11.3 Å². The zero-order valence-corrected chi connectivity index (χ0v) is 15.8. The van der Waals surface area contributed by atoms with Crippen molar-refractivity contribution in [2.45, 2.75) is 20.4 Å². The molecule has 4 rings (SSSR count). The molecule has 5 nitrogen and oxygen atoms in total. The number of aromatic nitrogens is 3. The first-order chi connectivity index (χ1) is 13.5. The third-order valence-electron chi connectivity index (χ3n) is 4.98. The standard InChI is InChI=1S/C23H21N3O2/c1-16(23(27)28)13-18-7-9-19(10-8-18)14-26-21-6-4-3-5-20(21)17(2)22(26)25-12-11-24-15-25/h3-13,15H,14H2,1-2H3,(H,27,28). The zero-order valence-electron chi connectivity index (χ0n) is 15.8. The van der Waals surface area contributed by atoms with Gasteiger partial charge in [0.25, 0.3) is 0 Å². The van der Waals surface area contributed by atoms with Crippen LogP contribution in [0.25, 0.3) is 22.8 Å². The van der Waals surface area contributed by atoms with Crippen molar-refractivity contribution < 1.29 is 9.90 Å². The molecule has 0 amide bonds. The third kappa shape index (κ3) is 3.22. The number of aryl methyl sites for hydroxylation is 1. The van der Waals surface area contributed by atoms with E-state index in [2.05, 4.69) is 40.7 Å². The van der Waals surface area contributed by atoms with Crippen LogP contribution in [0.1, 0.15) is 23.6 Å². The van der Waals surface area contributed by atoms with Gasteiger partial charge in [0, 0.05) is 29.9 Å². The number of para-hydroxylation sites is 1. The third-order valence-corrected chi connectivity index (χ3v) is 4.98. The minimum absolute atomic E-state index is 0.321. The van der Waals surface area contributed by atoms with Crippen molar-refractivity contribution in [3.05, 3.63) is 89.5 Å². The highest BCUT2D eigenvalue weighted by molar-refractivity contribution is 5.91. The van der Waals surface area contributed by atoms with Gasteiger partial charge in [0.05, 0.1) is 5.52 Å². The molecule has 0 aliphatic rings. The molecule has 28 heavy (non-hydrogen) atoms. The lowest BCUT2D eigenvalue weighted by Crippen LogP contribution is -2.07. The van der Waals surface area contributed by atoms with E-state index >= 15 is 0 Å². The molecule has 2 aromatic heterocycles. The Morgan fingerprint density at radius 1 is 1.14 bits per heavy atom. The molecular weight excluding hydrogens is 350 g/mol. The largest absolute Gasteiger partial charge is 0.478 e. The highest BCUT2D eigenvalue weighted by Gasteiger charge is 2.15. The summed E-state index contributed by atoms with van der Waals surface area (Å²) in [5.41, 5.74) is 4.74. The molecule has 4 aromatic rings. The smallest absolute Gasteiger partial charge is 0.331 e. The number of imidazole rings is 1. The fourth-order valence-electron chi connectivity index (χ4n) is 3.55. The van der Waals surface area contributed by atoms with Crippen LogP contribution in [0.3, 0.4) is 0 Å². The lowest BCUT2D eigenvalue weighted by atomic mass is 10.1. The van der Waals surface area contributed by atoms with E-state index in [0.717, 1.165) is 16.9 Å². The molecule has 0 unspecified atom stereocenters. The van der Waals surface area contributed by atoms with E-state index in [0.29, 0.717) is 12.1 Å². The number of nitrogens with zero attached hydrogens (tertiary/aromatic N) is 3. The fourth-order valence-corrected chi connectivity index (χ4v) is 3.55. The van der Waals surface area contributed by atoms with Gasteiger partial charge in [-0.15, -0.1) is 0 Å². The molecule has 5 heteroatoms. The maximum absolute atomic E-state index is 11.0. The molecule has 0 spiro atoms. The Hall–Kier alpha value is -3.60. The summed E-state index contributed by atoms with van der Waals surface area (Å²) in [5.74, 6) is 0.202. The van der Waals surface area contributed by atoms with E-state index in [1.807, 2.05) is 41.4 Å². The van der Waals surface area contributed by atoms with Gasteiger partial charge in [-0.05, 0) is 42.7 Å². The predicted octanol–water partition coefficient (Wildman–Crippen LogP) is 4.67. The van der Waals surface area contributed by atoms with E-state index in [1.54, 1.807) is 19.2 Å². The van der Waals surface area contributed by atoms with Gasteiger partial charge in [-0.2, -0.15) is 0 Å².